The van der Waals surface area contributed by atoms with Crippen molar-refractivity contribution >= 4 is 38.5 Å². The molecule has 2 heterocycles. The Balaban J connectivity index is 1.87. The van der Waals surface area contributed by atoms with Gasteiger partial charge in [-0.3, -0.25) is 9.36 Å². The van der Waals surface area contributed by atoms with Gasteiger partial charge in [-0.05, 0) is 63.8 Å². The van der Waals surface area contributed by atoms with Gasteiger partial charge in [-0.1, -0.05) is 12.1 Å². The molecule has 5 nitrogen and oxygen atoms in total. The number of hydrogen-bond acceptors (Lipinski definition) is 4. The smallest absolute Gasteiger partial charge is 0.261 e. The lowest BCUT2D eigenvalue weighted by atomic mass is 10.1. The number of nitrogens with zero attached hydrogens (tertiary/aromatic N) is 2. The molecule has 0 amide bonds. The third-order valence-corrected chi connectivity index (χ3v) is 4.97. The molecule has 6 heteroatoms. The van der Waals surface area contributed by atoms with Crippen LogP contribution in [0.15, 0.2) is 45.7 Å². The topological polar surface area (TPSA) is 64.4 Å². The standard InChI is InChI=1S/C19H15BrN2O3/c1-25-16-10-11(9-14(20)17(16)23)8-12-6-7-22-18(12)21-15-5-3-2-4-13(15)19(22)24/h2-5,8-10,23H,6-7H2,1H3/b12-8+. The van der Waals surface area contributed by atoms with Crippen molar-refractivity contribution in [2.75, 3.05) is 7.11 Å². The van der Waals surface area contributed by atoms with Gasteiger partial charge in [0.15, 0.2) is 11.5 Å². The molecule has 1 aliphatic heterocycles. The summed E-state index contributed by atoms with van der Waals surface area (Å²) >= 11 is 3.33. The lowest BCUT2D eigenvalue weighted by molar-refractivity contribution is 0.372. The highest BCUT2D eigenvalue weighted by Crippen LogP contribution is 2.37. The van der Waals surface area contributed by atoms with Crippen LogP contribution >= 0.6 is 15.9 Å². The molecular weight excluding hydrogens is 384 g/mol. The van der Waals surface area contributed by atoms with Gasteiger partial charge < -0.3 is 9.84 Å². The minimum atomic E-state index is -0.00605. The first kappa shape index (κ1) is 15.9. The summed E-state index contributed by atoms with van der Waals surface area (Å²) in [6.07, 6.45) is 2.71. The van der Waals surface area contributed by atoms with Gasteiger partial charge in [-0.2, -0.15) is 0 Å². The minimum absolute atomic E-state index is 0.00605. The highest BCUT2D eigenvalue weighted by atomic mass is 79.9. The van der Waals surface area contributed by atoms with Crippen molar-refractivity contribution in [2.45, 2.75) is 13.0 Å². The van der Waals surface area contributed by atoms with Gasteiger partial charge in [-0.25, -0.2) is 4.98 Å². The Morgan fingerprint density at radius 1 is 1.32 bits per heavy atom. The van der Waals surface area contributed by atoms with E-state index in [0.29, 0.717) is 33.5 Å². The second-order valence-electron chi connectivity index (χ2n) is 5.88. The first-order chi connectivity index (χ1) is 12.1. The summed E-state index contributed by atoms with van der Waals surface area (Å²) < 4.78 is 7.48. The molecular formula is C19H15BrN2O3. The number of aromatic hydroxyl groups is 1. The minimum Gasteiger partial charge on any atom is -0.503 e. The molecule has 0 atom stereocenters. The van der Waals surface area contributed by atoms with Gasteiger partial charge in [-0.15, -0.1) is 0 Å². The van der Waals surface area contributed by atoms with E-state index in [1.807, 2.05) is 36.4 Å². The van der Waals surface area contributed by atoms with Crippen molar-refractivity contribution in [3.8, 4) is 11.5 Å². The van der Waals surface area contributed by atoms with Crippen molar-refractivity contribution in [3.63, 3.8) is 0 Å². The summed E-state index contributed by atoms with van der Waals surface area (Å²) in [4.78, 5) is 17.3. The molecule has 0 bridgehead atoms. The van der Waals surface area contributed by atoms with Gasteiger partial charge in [0.1, 0.15) is 5.82 Å². The van der Waals surface area contributed by atoms with Crippen molar-refractivity contribution in [3.05, 3.63) is 62.6 Å². The molecule has 1 aromatic heterocycles. The SMILES string of the molecule is COc1cc(/C=C2\CCn3c2nc2ccccc2c3=O)cc(Br)c1O. The van der Waals surface area contributed by atoms with Gasteiger partial charge in [0.2, 0.25) is 0 Å². The maximum atomic E-state index is 12.7. The van der Waals surface area contributed by atoms with Crippen LogP contribution in [0.1, 0.15) is 17.8 Å². The van der Waals surface area contributed by atoms with Crippen LogP contribution in [0.5, 0.6) is 11.5 Å². The van der Waals surface area contributed by atoms with Crippen LogP contribution in [0.2, 0.25) is 0 Å². The molecule has 0 saturated heterocycles. The monoisotopic (exact) mass is 398 g/mol. The molecule has 0 aliphatic carbocycles. The molecule has 1 N–H and O–H groups in total. The quantitative estimate of drug-likeness (QED) is 0.712. The van der Waals surface area contributed by atoms with E-state index in [2.05, 4.69) is 20.9 Å². The van der Waals surface area contributed by atoms with Gasteiger partial charge in [0.25, 0.3) is 5.56 Å². The van der Waals surface area contributed by atoms with E-state index in [1.165, 1.54) is 7.11 Å². The average molecular weight is 399 g/mol. The Hall–Kier alpha value is -2.60. The molecule has 3 aromatic rings. The fraction of sp³-hybridized carbons (Fsp3) is 0.158. The lowest BCUT2D eigenvalue weighted by Gasteiger charge is -2.08. The van der Waals surface area contributed by atoms with E-state index < -0.39 is 0 Å². The maximum absolute atomic E-state index is 12.7. The fourth-order valence-corrected chi connectivity index (χ4v) is 3.60. The first-order valence-electron chi connectivity index (χ1n) is 7.85. The zero-order valence-corrected chi connectivity index (χ0v) is 15.1. The number of hydrogen-bond donors (Lipinski definition) is 1. The molecule has 0 spiro atoms. The molecule has 126 valence electrons. The summed E-state index contributed by atoms with van der Waals surface area (Å²) in [6, 6.07) is 11.0. The van der Waals surface area contributed by atoms with E-state index in [4.69, 9.17) is 4.74 Å². The van der Waals surface area contributed by atoms with Crippen molar-refractivity contribution in [1.29, 1.82) is 0 Å². The molecule has 0 unspecified atom stereocenters. The largest absolute Gasteiger partial charge is 0.503 e. The molecule has 4 rings (SSSR count). The van der Waals surface area contributed by atoms with Gasteiger partial charge in [0, 0.05) is 6.54 Å². The van der Waals surface area contributed by atoms with Crippen molar-refractivity contribution < 1.29 is 9.84 Å². The van der Waals surface area contributed by atoms with Crippen molar-refractivity contribution in [1.82, 2.24) is 9.55 Å². The number of allylic oxidation sites excluding steroid dienone is 1. The second-order valence-corrected chi connectivity index (χ2v) is 6.74. The maximum Gasteiger partial charge on any atom is 0.261 e. The Morgan fingerprint density at radius 2 is 2.12 bits per heavy atom. The van der Waals surface area contributed by atoms with Crippen LogP contribution in [0, 0.1) is 0 Å². The van der Waals surface area contributed by atoms with Crippen LogP contribution in [-0.2, 0) is 6.54 Å². The van der Waals surface area contributed by atoms with E-state index in [-0.39, 0.29) is 11.3 Å². The number of aromatic nitrogens is 2. The summed E-state index contributed by atoms with van der Waals surface area (Å²) in [5.41, 5.74) is 2.55. The summed E-state index contributed by atoms with van der Waals surface area (Å²) in [5.74, 6) is 1.16. The van der Waals surface area contributed by atoms with E-state index >= 15 is 0 Å². The van der Waals surface area contributed by atoms with Gasteiger partial charge >= 0.3 is 0 Å². The van der Waals surface area contributed by atoms with E-state index in [1.54, 1.807) is 10.6 Å². The number of phenolic OH excluding ortho intramolecular Hbond substituents is 1. The number of methoxy groups -OCH3 is 1. The predicted octanol–water partition coefficient (Wildman–Crippen LogP) is 3.82. The highest BCUT2D eigenvalue weighted by molar-refractivity contribution is 9.10. The Bertz CT molecular complexity index is 1090. The summed E-state index contributed by atoms with van der Waals surface area (Å²) in [5, 5.41) is 10.6. The number of para-hydroxylation sites is 1. The zero-order chi connectivity index (χ0) is 17.6. The summed E-state index contributed by atoms with van der Waals surface area (Å²) in [6.45, 7) is 0.619. The van der Waals surface area contributed by atoms with Crippen molar-refractivity contribution in [2.24, 2.45) is 0 Å². The lowest BCUT2D eigenvalue weighted by Crippen LogP contribution is -2.20. The second kappa shape index (κ2) is 6.04. The molecule has 1 aliphatic rings. The number of fused-ring (bicyclic) bond motifs is 2. The van der Waals surface area contributed by atoms with Crippen LogP contribution in [0.3, 0.4) is 0 Å². The Morgan fingerprint density at radius 3 is 2.92 bits per heavy atom. The van der Waals surface area contributed by atoms with Crippen LogP contribution in [0.25, 0.3) is 22.6 Å². The molecule has 0 fully saturated rings. The third kappa shape index (κ3) is 2.62. The van der Waals surface area contributed by atoms with E-state index in [9.17, 15) is 9.90 Å². The fourth-order valence-electron chi connectivity index (χ4n) is 3.14. The predicted molar refractivity (Wildman–Crippen MR) is 101 cm³/mol. The van der Waals surface area contributed by atoms with E-state index in [0.717, 1.165) is 17.6 Å². The molecule has 25 heavy (non-hydrogen) atoms. The third-order valence-electron chi connectivity index (χ3n) is 4.37. The molecule has 2 aromatic carbocycles. The number of benzene rings is 2. The highest BCUT2D eigenvalue weighted by Gasteiger charge is 2.21. The Kier molecular flexibility index (Phi) is 3.84. The van der Waals surface area contributed by atoms with Crippen LogP contribution < -0.4 is 10.3 Å². The summed E-state index contributed by atoms with van der Waals surface area (Å²) in [7, 11) is 1.51. The first-order valence-corrected chi connectivity index (χ1v) is 8.65. The number of phenols is 1. The average Bonchev–Trinajstić information content (AvgIpc) is 3.01. The Labute approximate surface area is 152 Å². The molecule has 0 saturated carbocycles. The van der Waals surface area contributed by atoms with Gasteiger partial charge in [0.05, 0.1) is 22.5 Å². The molecule has 0 radical (unpaired) electrons. The number of ether oxygens (including phenoxy) is 1. The van der Waals surface area contributed by atoms with Crippen LogP contribution in [0.4, 0.5) is 0 Å². The zero-order valence-electron chi connectivity index (χ0n) is 13.5. The normalized spacial score (nSPS) is 14.9. The number of rotatable bonds is 2. The van der Waals surface area contributed by atoms with Crippen LogP contribution in [-0.4, -0.2) is 21.8 Å². The number of halogens is 1.